The van der Waals surface area contributed by atoms with Crippen molar-refractivity contribution in [2.45, 2.75) is 30.6 Å². The maximum absolute atomic E-state index is 4.39. The predicted molar refractivity (Wildman–Crippen MR) is 46.7 cm³/mol. The molecule has 0 radical (unpaired) electrons. The normalized spacial score (nSPS) is 38.2. The third-order valence-corrected chi connectivity index (χ3v) is 3.39. The van der Waals surface area contributed by atoms with Crippen LogP contribution in [0, 0.1) is 0 Å². The number of hydrogen-bond acceptors (Lipinski definition) is 2. The number of fused-ring (bicyclic) bond motifs is 1. The monoisotopic (exact) mass is 153 g/mol. The summed E-state index contributed by atoms with van der Waals surface area (Å²) in [6.45, 7) is 4.06. The van der Waals surface area contributed by atoms with Gasteiger partial charge in [0.2, 0.25) is 0 Å². The van der Waals surface area contributed by atoms with Crippen molar-refractivity contribution in [2.75, 3.05) is 0 Å². The molecule has 0 spiro atoms. The van der Waals surface area contributed by atoms with E-state index in [9.17, 15) is 0 Å². The minimum absolute atomic E-state index is 0.575. The SMILES string of the molecule is C=C1CCCC2N=CSC12. The number of aliphatic imine (C=N–C) groups is 1. The van der Waals surface area contributed by atoms with Crippen molar-refractivity contribution in [2.24, 2.45) is 4.99 Å². The van der Waals surface area contributed by atoms with E-state index >= 15 is 0 Å². The van der Waals surface area contributed by atoms with Gasteiger partial charge in [0.05, 0.1) is 16.8 Å². The van der Waals surface area contributed by atoms with Crippen LogP contribution in [0.25, 0.3) is 0 Å². The lowest BCUT2D eigenvalue weighted by atomic mass is 9.92. The summed E-state index contributed by atoms with van der Waals surface area (Å²) in [5.74, 6) is 0. The Bertz CT molecular complexity index is 186. The highest BCUT2D eigenvalue weighted by Gasteiger charge is 2.30. The zero-order chi connectivity index (χ0) is 6.97. The molecule has 2 unspecified atom stereocenters. The fraction of sp³-hybridized carbons (Fsp3) is 0.625. The molecule has 1 fully saturated rings. The average Bonchev–Trinajstić information content (AvgIpc) is 2.36. The molecule has 0 aromatic heterocycles. The van der Waals surface area contributed by atoms with E-state index < -0.39 is 0 Å². The predicted octanol–water partition coefficient (Wildman–Crippen LogP) is 2.24. The molecule has 2 heteroatoms. The fourth-order valence-corrected chi connectivity index (χ4v) is 2.68. The zero-order valence-corrected chi connectivity index (χ0v) is 6.73. The van der Waals surface area contributed by atoms with Crippen molar-refractivity contribution < 1.29 is 0 Å². The van der Waals surface area contributed by atoms with Gasteiger partial charge >= 0.3 is 0 Å². The van der Waals surface area contributed by atoms with E-state index in [-0.39, 0.29) is 0 Å². The topological polar surface area (TPSA) is 12.4 Å². The van der Waals surface area contributed by atoms with Gasteiger partial charge in [0.25, 0.3) is 0 Å². The first-order valence-electron chi connectivity index (χ1n) is 3.73. The van der Waals surface area contributed by atoms with Gasteiger partial charge in [-0.05, 0) is 19.3 Å². The summed E-state index contributed by atoms with van der Waals surface area (Å²) in [5.41, 5.74) is 3.39. The molecule has 10 heavy (non-hydrogen) atoms. The quantitative estimate of drug-likeness (QED) is 0.486. The Balaban J connectivity index is 2.14. The molecule has 0 amide bonds. The summed E-state index contributed by atoms with van der Waals surface area (Å²) in [7, 11) is 0. The van der Waals surface area contributed by atoms with E-state index in [1.54, 1.807) is 0 Å². The van der Waals surface area contributed by atoms with Crippen LogP contribution in [0.15, 0.2) is 17.1 Å². The van der Waals surface area contributed by atoms with Gasteiger partial charge in [0.15, 0.2) is 0 Å². The van der Waals surface area contributed by atoms with Gasteiger partial charge in [-0.15, -0.1) is 11.8 Å². The first-order chi connectivity index (χ1) is 4.88. The first kappa shape index (κ1) is 6.47. The van der Waals surface area contributed by atoms with Crippen LogP contribution in [0.4, 0.5) is 0 Å². The molecule has 0 N–H and O–H groups in total. The Hall–Kier alpha value is -0.240. The fourth-order valence-electron chi connectivity index (χ4n) is 1.62. The number of rotatable bonds is 0. The molecule has 2 rings (SSSR count). The maximum atomic E-state index is 4.39. The van der Waals surface area contributed by atoms with E-state index in [2.05, 4.69) is 11.6 Å². The number of thioether (sulfide) groups is 1. The molecule has 1 heterocycles. The minimum Gasteiger partial charge on any atom is -0.281 e. The Morgan fingerprint density at radius 3 is 3.40 bits per heavy atom. The Labute approximate surface area is 65.6 Å². The molecule has 2 aliphatic rings. The first-order valence-corrected chi connectivity index (χ1v) is 4.67. The smallest absolute Gasteiger partial charge is 0.0665 e. The van der Waals surface area contributed by atoms with Crippen LogP contribution in [0.2, 0.25) is 0 Å². The number of hydrogen-bond donors (Lipinski definition) is 0. The molecular weight excluding hydrogens is 142 g/mol. The second-order valence-corrected chi connectivity index (χ2v) is 3.92. The van der Waals surface area contributed by atoms with Crippen molar-refractivity contribution in [3.8, 4) is 0 Å². The molecule has 1 nitrogen and oxygen atoms in total. The van der Waals surface area contributed by atoms with Crippen LogP contribution in [0.5, 0.6) is 0 Å². The summed E-state index contributed by atoms with van der Waals surface area (Å²) in [6, 6.07) is 0.575. The molecule has 1 aliphatic carbocycles. The van der Waals surface area contributed by atoms with Crippen molar-refractivity contribution in [3.05, 3.63) is 12.2 Å². The highest BCUT2D eigenvalue weighted by molar-refractivity contribution is 8.13. The van der Waals surface area contributed by atoms with Crippen molar-refractivity contribution >= 4 is 17.3 Å². The second-order valence-electron chi connectivity index (χ2n) is 2.93. The summed E-state index contributed by atoms with van der Waals surface area (Å²) in [4.78, 5) is 4.39. The highest BCUT2D eigenvalue weighted by atomic mass is 32.2. The van der Waals surface area contributed by atoms with Crippen LogP contribution in [0.1, 0.15) is 19.3 Å². The van der Waals surface area contributed by atoms with Crippen molar-refractivity contribution in [1.29, 1.82) is 0 Å². The van der Waals surface area contributed by atoms with Gasteiger partial charge in [0, 0.05) is 0 Å². The lowest BCUT2D eigenvalue weighted by Crippen LogP contribution is -2.23. The van der Waals surface area contributed by atoms with Crippen molar-refractivity contribution in [1.82, 2.24) is 0 Å². The van der Waals surface area contributed by atoms with Crippen LogP contribution in [0.3, 0.4) is 0 Å². The van der Waals surface area contributed by atoms with E-state index in [1.165, 1.54) is 24.8 Å². The summed E-state index contributed by atoms with van der Waals surface area (Å²) >= 11 is 1.84. The molecule has 0 aromatic carbocycles. The standard InChI is InChI=1S/C8H11NS/c1-6-3-2-4-7-8(6)10-5-9-7/h5,7-8H,1-4H2. The van der Waals surface area contributed by atoms with E-state index in [0.29, 0.717) is 11.3 Å². The Morgan fingerprint density at radius 2 is 2.60 bits per heavy atom. The largest absolute Gasteiger partial charge is 0.281 e. The Kier molecular flexibility index (Phi) is 1.57. The van der Waals surface area contributed by atoms with Crippen LogP contribution < -0.4 is 0 Å². The van der Waals surface area contributed by atoms with Gasteiger partial charge in [-0.1, -0.05) is 12.2 Å². The Morgan fingerprint density at radius 1 is 1.70 bits per heavy atom. The van der Waals surface area contributed by atoms with Gasteiger partial charge in [-0.25, -0.2) is 0 Å². The maximum Gasteiger partial charge on any atom is 0.0665 e. The van der Waals surface area contributed by atoms with Crippen LogP contribution in [-0.2, 0) is 0 Å². The molecule has 1 saturated carbocycles. The van der Waals surface area contributed by atoms with E-state index in [4.69, 9.17) is 0 Å². The second kappa shape index (κ2) is 2.42. The highest BCUT2D eigenvalue weighted by Crippen LogP contribution is 2.36. The molecule has 0 aromatic rings. The van der Waals surface area contributed by atoms with Gasteiger partial charge < -0.3 is 0 Å². The molecule has 1 aliphatic heterocycles. The van der Waals surface area contributed by atoms with E-state index in [1.807, 2.05) is 17.3 Å². The summed E-state index contributed by atoms with van der Waals surface area (Å²) < 4.78 is 0. The van der Waals surface area contributed by atoms with Crippen molar-refractivity contribution in [3.63, 3.8) is 0 Å². The molecular formula is C8H11NS. The third kappa shape index (κ3) is 0.908. The minimum atomic E-state index is 0.575. The third-order valence-electron chi connectivity index (χ3n) is 2.21. The van der Waals surface area contributed by atoms with Gasteiger partial charge in [-0.2, -0.15) is 0 Å². The number of nitrogens with zero attached hydrogens (tertiary/aromatic N) is 1. The van der Waals surface area contributed by atoms with Gasteiger partial charge in [0.1, 0.15) is 0 Å². The van der Waals surface area contributed by atoms with Gasteiger partial charge in [-0.3, -0.25) is 4.99 Å². The average molecular weight is 153 g/mol. The lowest BCUT2D eigenvalue weighted by molar-refractivity contribution is 0.539. The van der Waals surface area contributed by atoms with E-state index in [0.717, 1.165) is 0 Å². The molecule has 0 saturated heterocycles. The molecule has 54 valence electrons. The lowest BCUT2D eigenvalue weighted by Gasteiger charge is -2.24. The summed E-state index contributed by atoms with van der Waals surface area (Å²) in [5, 5.41) is 0.633. The zero-order valence-electron chi connectivity index (χ0n) is 5.92. The molecule has 0 bridgehead atoms. The summed E-state index contributed by atoms with van der Waals surface area (Å²) in [6.07, 6.45) is 3.78. The molecule has 2 atom stereocenters. The van der Waals surface area contributed by atoms with Crippen LogP contribution >= 0.6 is 11.8 Å². The van der Waals surface area contributed by atoms with Crippen LogP contribution in [-0.4, -0.2) is 16.8 Å².